The largest absolute Gasteiger partial charge is 0.339 e. The predicted octanol–water partition coefficient (Wildman–Crippen LogP) is 0.784. The molecule has 1 aromatic carbocycles. The fraction of sp³-hybridized carbons (Fsp3) is 0.364. The number of nitrogens with zero attached hydrogens (tertiary/aromatic N) is 1. The topological polar surface area (TPSA) is 92.5 Å². The minimum atomic E-state index is -3.78. The highest BCUT2D eigenvalue weighted by molar-refractivity contribution is 7.90. The zero-order valence-electron chi connectivity index (χ0n) is 10.4. The molecule has 6 nitrogen and oxygen atoms in total. The van der Waals surface area contributed by atoms with E-state index in [1.807, 2.05) is 13.8 Å². The molecule has 0 unspecified atom stereocenters. The molecule has 0 radical (unpaired) electrons. The summed E-state index contributed by atoms with van der Waals surface area (Å²) in [6.07, 6.45) is 0. The molecule has 1 aromatic rings. The average Bonchev–Trinajstić information content (AvgIpc) is 2.29. The van der Waals surface area contributed by atoms with Crippen LogP contribution in [0.2, 0.25) is 0 Å². The fourth-order valence-electron chi connectivity index (χ4n) is 1.54. The van der Waals surface area contributed by atoms with Crippen molar-refractivity contribution in [2.45, 2.75) is 13.8 Å². The third kappa shape index (κ3) is 4.01. The van der Waals surface area contributed by atoms with E-state index >= 15 is 0 Å². The van der Waals surface area contributed by atoms with Crippen LogP contribution in [0.25, 0.3) is 0 Å². The molecule has 0 bridgehead atoms. The second kappa shape index (κ2) is 5.83. The van der Waals surface area contributed by atoms with Crippen LogP contribution in [0.1, 0.15) is 24.2 Å². The number of amides is 1. The Hall–Kier alpha value is -1.60. The normalized spacial score (nSPS) is 11.1. The number of rotatable bonds is 5. The van der Waals surface area contributed by atoms with Crippen molar-refractivity contribution in [1.29, 1.82) is 0 Å². The van der Waals surface area contributed by atoms with Crippen LogP contribution in [-0.2, 0) is 10.2 Å². The van der Waals surface area contributed by atoms with E-state index in [0.29, 0.717) is 24.3 Å². The number of nitrogens with one attached hydrogen (secondary N) is 1. The molecule has 3 N–H and O–H groups in total. The first-order chi connectivity index (χ1) is 8.37. The average molecular weight is 271 g/mol. The third-order valence-electron chi connectivity index (χ3n) is 2.44. The molecule has 0 heterocycles. The van der Waals surface area contributed by atoms with Crippen LogP contribution in [0.3, 0.4) is 0 Å². The number of anilines is 1. The van der Waals surface area contributed by atoms with Crippen molar-refractivity contribution in [1.82, 2.24) is 4.90 Å². The molecule has 0 fully saturated rings. The van der Waals surface area contributed by atoms with Crippen LogP contribution in [0.15, 0.2) is 24.3 Å². The Labute approximate surface area is 107 Å². The van der Waals surface area contributed by atoms with Crippen LogP contribution in [0, 0.1) is 0 Å². The van der Waals surface area contributed by atoms with Crippen molar-refractivity contribution in [3.63, 3.8) is 0 Å². The van der Waals surface area contributed by atoms with Crippen LogP contribution in [-0.4, -0.2) is 32.3 Å². The molecule has 0 spiro atoms. The lowest BCUT2D eigenvalue weighted by molar-refractivity contribution is 0.0773. The van der Waals surface area contributed by atoms with Gasteiger partial charge in [0.25, 0.3) is 16.1 Å². The SMILES string of the molecule is CCN(CC)C(=O)c1ccc(NS(N)(=O)=O)cc1. The van der Waals surface area contributed by atoms with Crippen LogP contribution >= 0.6 is 0 Å². The van der Waals surface area contributed by atoms with Crippen LogP contribution < -0.4 is 9.86 Å². The zero-order chi connectivity index (χ0) is 13.8. The van der Waals surface area contributed by atoms with E-state index in [4.69, 9.17) is 5.14 Å². The Morgan fingerprint density at radius 2 is 1.72 bits per heavy atom. The number of carbonyl (C=O) groups is 1. The van der Waals surface area contributed by atoms with E-state index in [1.54, 1.807) is 17.0 Å². The first kappa shape index (κ1) is 14.5. The third-order valence-corrected chi connectivity index (χ3v) is 2.96. The molecule has 0 saturated heterocycles. The summed E-state index contributed by atoms with van der Waals surface area (Å²) in [5.74, 6) is -0.0813. The van der Waals surface area contributed by atoms with E-state index in [0.717, 1.165) is 0 Å². The summed E-state index contributed by atoms with van der Waals surface area (Å²) in [4.78, 5) is 13.6. The van der Waals surface area contributed by atoms with Crippen molar-refractivity contribution >= 4 is 21.8 Å². The van der Waals surface area contributed by atoms with Gasteiger partial charge in [0.1, 0.15) is 0 Å². The van der Waals surface area contributed by atoms with Gasteiger partial charge in [0.15, 0.2) is 0 Å². The lowest BCUT2D eigenvalue weighted by Gasteiger charge is -2.18. The first-order valence-electron chi connectivity index (χ1n) is 5.57. The molecule has 0 aliphatic heterocycles. The van der Waals surface area contributed by atoms with Gasteiger partial charge in [-0.1, -0.05) is 0 Å². The number of hydrogen-bond donors (Lipinski definition) is 2. The molecule has 0 aliphatic carbocycles. The van der Waals surface area contributed by atoms with Gasteiger partial charge in [-0.25, -0.2) is 5.14 Å². The van der Waals surface area contributed by atoms with Crippen molar-refractivity contribution < 1.29 is 13.2 Å². The Balaban J connectivity index is 2.86. The Bertz CT molecular complexity index is 507. The first-order valence-corrected chi connectivity index (χ1v) is 7.12. The maximum atomic E-state index is 12.0. The Morgan fingerprint density at radius 3 is 2.11 bits per heavy atom. The smallest absolute Gasteiger partial charge is 0.296 e. The van der Waals surface area contributed by atoms with E-state index in [9.17, 15) is 13.2 Å². The van der Waals surface area contributed by atoms with Crippen molar-refractivity contribution in [3.8, 4) is 0 Å². The van der Waals surface area contributed by atoms with Gasteiger partial charge in [-0.05, 0) is 38.1 Å². The molecule has 0 atom stereocenters. The minimum Gasteiger partial charge on any atom is -0.339 e. The Morgan fingerprint density at radius 1 is 1.22 bits per heavy atom. The van der Waals surface area contributed by atoms with Gasteiger partial charge in [0, 0.05) is 24.3 Å². The number of benzene rings is 1. The minimum absolute atomic E-state index is 0.0813. The summed E-state index contributed by atoms with van der Waals surface area (Å²) in [5, 5.41) is 4.84. The summed E-state index contributed by atoms with van der Waals surface area (Å²) < 4.78 is 23.8. The van der Waals surface area contributed by atoms with Crippen molar-refractivity contribution in [3.05, 3.63) is 29.8 Å². The summed E-state index contributed by atoms with van der Waals surface area (Å²) in [5.41, 5.74) is 0.840. The number of hydrogen-bond acceptors (Lipinski definition) is 3. The van der Waals surface area contributed by atoms with E-state index in [-0.39, 0.29) is 5.91 Å². The molecule has 1 amide bonds. The van der Waals surface area contributed by atoms with Crippen molar-refractivity contribution in [2.75, 3.05) is 17.8 Å². The molecule has 0 saturated carbocycles. The van der Waals surface area contributed by atoms with Gasteiger partial charge in [-0.2, -0.15) is 8.42 Å². The van der Waals surface area contributed by atoms with Crippen LogP contribution in [0.4, 0.5) is 5.69 Å². The molecular weight excluding hydrogens is 254 g/mol. The molecule has 7 heteroatoms. The van der Waals surface area contributed by atoms with Gasteiger partial charge in [0.2, 0.25) is 0 Å². The summed E-state index contributed by atoms with van der Waals surface area (Å²) >= 11 is 0. The van der Waals surface area contributed by atoms with Crippen LogP contribution in [0.5, 0.6) is 0 Å². The quantitative estimate of drug-likeness (QED) is 0.829. The van der Waals surface area contributed by atoms with Gasteiger partial charge in [-0.15, -0.1) is 0 Å². The molecule has 100 valence electrons. The monoisotopic (exact) mass is 271 g/mol. The maximum absolute atomic E-state index is 12.0. The van der Waals surface area contributed by atoms with E-state index in [2.05, 4.69) is 4.72 Å². The highest BCUT2D eigenvalue weighted by Crippen LogP contribution is 2.12. The molecular formula is C11H17N3O3S. The zero-order valence-corrected chi connectivity index (χ0v) is 11.2. The Kier molecular flexibility index (Phi) is 4.69. The van der Waals surface area contributed by atoms with Gasteiger partial charge in [-0.3, -0.25) is 9.52 Å². The molecule has 0 aliphatic rings. The van der Waals surface area contributed by atoms with Gasteiger partial charge >= 0.3 is 0 Å². The summed E-state index contributed by atoms with van der Waals surface area (Å²) in [6, 6.07) is 6.13. The lowest BCUT2D eigenvalue weighted by Crippen LogP contribution is -2.30. The molecule has 18 heavy (non-hydrogen) atoms. The van der Waals surface area contributed by atoms with E-state index < -0.39 is 10.2 Å². The lowest BCUT2D eigenvalue weighted by atomic mass is 10.2. The fourth-order valence-corrected chi connectivity index (χ4v) is 2.00. The standard InChI is InChI=1S/C11H17N3O3S/c1-3-14(4-2)11(15)9-5-7-10(8-6-9)13-18(12,16)17/h5-8,13H,3-4H2,1-2H3,(H2,12,16,17). The van der Waals surface area contributed by atoms with Gasteiger partial charge in [0.05, 0.1) is 0 Å². The number of carbonyl (C=O) groups excluding carboxylic acids is 1. The second-order valence-corrected chi connectivity index (χ2v) is 5.00. The van der Waals surface area contributed by atoms with E-state index in [1.165, 1.54) is 12.1 Å². The maximum Gasteiger partial charge on any atom is 0.296 e. The van der Waals surface area contributed by atoms with Gasteiger partial charge < -0.3 is 4.90 Å². The highest BCUT2D eigenvalue weighted by atomic mass is 32.2. The van der Waals surface area contributed by atoms with Crippen molar-refractivity contribution in [2.24, 2.45) is 5.14 Å². The molecule has 1 rings (SSSR count). The highest BCUT2D eigenvalue weighted by Gasteiger charge is 2.12. The summed E-state index contributed by atoms with van der Waals surface area (Å²) in [6.45, 7) is 5.07. The predicted molar refractivity (Wildman–Crippen MR) is 70.4 cm³/mol. The molecule has 0 aromatic heterocycles. The second-order valence-electron chi connectivity index (χ2n) is 3.70. The number of nitrogens with two attached hydrogens (primary N) is 1. The summed E-state index contributed by atoms with van der Waals surface area (Å²) in [7, 11) is -3.78.